The van der Waals surface area contributed by atoms with E-state index in [9.17, 15) is 14.4 Å². The Hall–Kier alpha value is -3.04. The number of likely N-dealkylation sites (tertiary alicyclic amines) is 1. The maximum atomic E-state index is 13.2. The van der Waals surface area contributed by atoms with Crippen molar-refractivity contribution in [2.45, 2.75) is 37.6 Å². The zero-order chi connectivity index (χ0) is 22.7. The van der Waals surface area contributed by atoms with Gasteiger partial charge in [0.2, 0.25) is 0 Å². The van der Waals surface area contributed by atoms with Crippen LogP contribution in [0.1, 0.15) is 53.0 Å². The van der Waals surface area contributed by atoms with E-state index in [0.717, 1.165) is 40.9 Å². The normalized spacial score (nSPS) is 17.2. The molecule has 4 heterocycles. The fraction of sp³-hybridized carbons (Fsp3) is 0.348. The number of amides is 1. The number of H-pyrrole nitrogens is 1. The number of halogens is 1. The Bertz CT molecular complexity index is 1530. The molecule has 0 bridgehead atoms. The van der Waals surface area contributed by atoms with Crippen LogP contribution in [0.25, 0.3) is 21.3 Å². The summed E-state index contributed by atoms with van der Waals surface area (Å²) in [5.74, 6) is 0.151. The van der Waals surface area contributed by atoms with Gasteiger partial charge in [0.05, 0.1) is 26.2 Å². The number of thiazole rings is 1. The molecular weight excluding hydrogens is 462 g/mol. The Kier molecular flexibility index (Phi) is 4.84. The molecule has 1 saturated heterocycles. The summed E-state index contributed by atoms with van der Waals surface area (Å²) in [6.45, 7) is 1.21. The molecule has 3 aromatic heterocycles. The Morgan fingerprint density at radius 2 is 1.91 bits per heavy atom. The summed E-state index contributed by atoms with van der Waals surface area (Å²) in [4.78, 5) is 51.0. The van der Waals surface area contributed by atoms with E-state index in [1.54, 1.807) is 22.3 Å². The quantitative estimate of drug-likeness (QED) is 0.480. The van der Waals surface area contributed by atoms with E-state index >= 15 is 0 Å². The van der Waals surface area contributed by atoms with Crippen LogP contribution < -0.4 is 11.2 Å². The second-order valence-corrected chi connectivity index (χ2v) is 10.2. The van der Waals surface area contributed by atoms with E-state index in [2.05, 4.69) is 9.97 Å². The molecule has 2 fully saturated rings. The predicted molar refractivity (Wildman–Crippen MR) is 127 cm³/mol. The molecule has 0 radical (unpaired) electrons. The van der Waals surface area contributed by atoms with Crippen molar-refractivity contribution >= 4 is 50.1 Å². The third-order valence-corrected chi connectivity index (χ3v) is 7.87. The van der Waals surface area contributed by atoms with E-state index < -0.39 is 11.2 Å². The first-order valence-corrected chi connectivity index (χ1v) is 12.2. The van der Waals surface area contributed by atoms with Gasteiger partial charge < -0.3 is 4.90 Å². The lowest BCUT2D eigenvalue weighted by Gasteiger charge is -2.31. The molecule has 10 heteroatoms. The third kappa shape index (κ3) is 3.65. The standard InChI is InChI=1S/C23H20ClN5O3S/c24-14-1-4-18-17(10-14)26-21(33-18)12-5-7-28(8-6-12)22(31)13-9-16-19(25-11-13)29(15-2-3-15)23(32)27-20(16)30/h1,4,9-12,15H,2-3,5-8H2,(H,27,30,32). The molecule has 8 nitrogen and oxygen atoms in total. The Morgan fingerprint density at radius 3 is 2.67 bits per heavy atom. The molecule has 0 atom stereocenters. The van der Waals surface area contributed by atoms with E-state index in [1.807, 2.05) is 18.2 Å². The van der Waals surface area contributed by atoms with Gasteiger partial charge in [-0.05, 0) is 49.9 Å². The number of carbonyl (C=O) groups is 1. The molecule has 0 unspecified atom stereocenters. The highest BCUT2D eigenvalue weighted by atomic mass is 35.5. The van der Waals surface area contributed by atoms with Gasteiger partial charge in [-0.1, -0.05) is 11.6 Å². The molecule has 2 aliphatic rings. The molecule has 1 aliphatic carbocycles. The number of piperidine rings is 1. The van der Waals surface area contributed by atoms with Crippen LogP contribution in [0, 0.1) is 0 Å². The van der Waals surface area contributed by atoms with Crippen LogP contribution in [0.2, 0.25) is 5.02 Å². The summed E-state index contributed by atoms with van der Waals surface area (Å²) < 4.78 is 2.65. The molecule has 1 amide bonds. The van der Waals surface area contributed by atoms with Crippen molar-refractivity contribution < 1.29 is 4.79 Å². The van der Waals surface area contributed by atoms with Gasteiger partial charge in [-0.25, -0.2) is 14.8 Å². The van der Waals surface area contributed by atoms with Gasteiger partial charge in [0.25, 0.3) is 11.5 Å². The van der Waals surface area contributed by atoms with Gasteiger partial charge >= 0.3 is 5.69 Å². The molecular formula is C23H20ClN5O3S. The van der Waals surface area contributed by atoms with Crippen LogP contribution in [0.3, 0.4) is 0 Å². The van der Waals surface area contributed by atoms with Gasteiger partial charge in [0, 0.05) is 36.3 Å². The SMILES string of the molecule is O=C(c1cnc2c(c1)c(=O)[nH]c(=O)n2C1CC1)N1CCC(c2nc3cc(Cl)ccc3s2)CC1. The highest BCUT2D eigenvalue weighted by molar-refractivity contribution is 7.18. The fourth-order valence-corrected chi connectivity index (χ4v) is 5.81. The number of hydrogen-bond donors (Lipinski definition) is 1. The fourth-order valence-electron chi connectivity index (χ4n) is 4.53. The molecule has 1 aliphatic heterocycles. The zero-order valence-electron chi connectivity index (χ0n) is 17.6. The molecule has 6 rings (SSSR count). The lowest BCUT2D eigenvalue weighted by atomic mass is 9.97. The lowest BCUT2D eigenvalue weighted by Crippen LogP contribution is -2.38. The topological polar surface area (TPSA) is 101 Å². The van der Waals surface area contributed by atoms with Crippen LogP contribution >= 0.6 is 22.9 Å². The third-order valence-electron chi connectivity index (χ3n) is 6.44. The number of carbonyl (C=O) groups excluding carboxylic acids is 1. The van der Waals surface area contributed by atoms with Crippen molar-refractivity contribution in [2.75, 3.05) is 13.1 Å². The van der Waals surface area contributed by atoms with Crippen LogP contribution in [0.5, 0.6) is 0 Å². The van der Waals surface area contributed by atoms with E-state index in [4.69, 9.17) is 16.6 Å². The smallest absolute Gasteiger partial charge is 0.330 e. The van der Waals surface area contributed by atoms with Crippen molar-refractivity contribution in [1.29, 1.82) is 0 Å². The van der Waals surface area contributed by atoms with Crippen molar-refractivity contribution in [3.8, 4) is 0 Å². The highest BCUT2D eigenvalue weighted by Crippen LogP contribution is 2.36. The Morgan fingerprint density at radius 1 is 1.12 bits per heavy atom. The van der Waals surface area contributed by atoms with Crippen LogP contribution in [0.15, 0.2) is 40.1 Å². The summed E-state index contributed by atoms with van der Waals surface area (Å²) >= 11 is 7.77. The van der Waals surface area contributed by atoms with Gasteiger partial charge in [-0.15, -0.1) is 11.3 Å². The van der Waals surface area contributed by atoms with Crippen LogP contribution in [-0.2, 0) is 0 Å². The molecule has 1 aromatic carbocycles. The summed E-state index contributed by atoms with van der Waals surface area (Å²) in [6.07, 6.45) is 4.90. The van der Waals surface area contributed by atoms with Crippen molar-refractivity contribution in [3.63, 3.8) is 0 Å². The molecule has 1 N–H and O–H groups in total. The minimum absolute atomic E-state index is 0.0727. The van der Waals surface area contributed by atoms with Gasteiger partial charge in [0.15, 0.2) is 0 Å². The number of nitrogens with zero attached hydrogens (tertiary/aromatic N) is 4. The number of pyridine rings is 1. The Labute approximate surface area is 196 Å². The van der Waals surface area contributed by atoms with Crippen molar-refractivity contribution in [2.24, 2.45) is 0 Å². The van der Waals surface area contributed by atoms with Crippen molar-refractivity contribution in [3.05, 3.63) is 66.9 Å². The predicted octanol–water partition coefficient (Wildman–Crippen LogP) is 3.70. The second-order valence-electron chi connectivity index (χ2n) is 8.69. The summed E-state index contributed by atoms with van der Waals surface area (Å²) in [6, 6.07) is 7.38. The number of fused-ring (bicyclic) bond motifs is 2. The number of nitrogens with one attached hydrogen (secondary N) is 1. The van der Waals surface area contributed by atoms with E-state index in [0.29, 0.717) is 35.2 Å². The summed E-state index contributed by atoms with van der Waals surface area (Å²) in [5.41, 5.74) is 0.669. The van der Waals surface area contributed by atoms with Crippen LogP contribution in [-0.4, -0.2) is 43.4 Å². The number of rotatable bonds is 3. The first-order valence-electron chi connectivity index (χ1n) is 11.0. The van der Waals surface area contributed by atoms with Gasteiger partial charge in [-0.3, -0.25) is 19.1 Å². The largest absolute Gasteiger partial charge is 0.339 e. The summed E-state index contributed by atoms with van der Waals surface area (Å²) in [7, 11) is 0. The molecule has 0 spiro atoms. The minimum atomic E-state index is -0.510. The minimum Gasteiger partial charge on any atom is -0.339 e. The van der Waals surface area contributed by atoms with E-state index in [-0.39, 0.29) is 17.3 Å². The second kappa shape index (κ2) is 7.78. The van der Waals surface area contributed by atoms with Crippen LogP contribution in [0.4, 0.5) is 0 Å². The molecule has 1 saturated carbocycles. The van der Waals surface area contributed by atoms with Gasteiger partial charge in [-0.2, -0.15) is 0 Å². The van der Waals surface area contributed by atoms with Crippen molar-refractivity contribution in [1.82, 2.24) is 24.4 Å². The molecule has 4 aromatic rings. The first-order chi connectivity index (χ1) is 16.0. The summed E-state index contributed by atoms with van der Waals surface area (Å²) in [5, 5.41) is 2.03. The maximum absolute atomic E-state index is 13.2. The maximum Gasteiger partial charge on any atom is 0.330 e. The van der Waals surface area contributed by atoms with Gasteiger partial charge in [0.1, 0.15) is 5.65 Å². The number of aromatic amines is 1. The number of hydrogen-bond acceptors (Lipinski definition) is 6. The highest BCUT2D eigenvalue weighted by Gasteiger charge is 2.29. The number of aromatic nitrogens is 4. The average Bonchev–Trinajstić information content (AvgIpc) is 3.56. The molecule has 168 valence electrons. The Balaban J connectivity index is 1.22. The monoisotopic (exact) mass is 481 g/mol. The van der Waals surface area contributed by atoms with E-state index in [1.165, 1.54) is 10.8 Å². The first kappa shape index (κ1) is 20.6. The zero-order valence-corrected chi connectivity index (χ0v) is 19.2. The molecule has 33 heavy (non-hydrogen) atoms. The average molecular weight is 482 g/mol. The lowest BCUT2D eigenvalue weighted by molar-refractivity contribution is 0.0712. The number of benzene rings is 1.